The lowest BCUT2D eigenvalue weighted by molar-refractivity contribution is 0.0204. The molecule has 2 rings (SSSR count). The van der Waals surface area contributed by atoms with Crippen molar-refractivity contribution in [2.75, 3.05) is 7.11 Å². The zero-order chi connectivity index (χ0) is 14.5. The minimum Gasteiger partial charge on any atom is -0.489 e. The Morgan fingerprint density at radius 1 is 1.35 bits per heavy atom. The Kier molecular flexibility index (Phi) is 5.87. The summed E-state index contributed by atoms with van der Waals surface area (Å²) in [6.07, 6.45) is 5.76. The molecule has 0 spiro atoms. The molecule has 1 aliphatic rings. The van der Waals surface area contributed by atoms with E-state index in [0.29, 0.717) is 6.10 Å². The summed E-state index contributed by atoms with van der Waals surface area (Å²) in [5, 5.41) is 0. The van der Waals surface area contributed by atoms with E-state index in [9.17, 15) is 0 Å². The Bertz CT molecular complexity index is 436. The van der Waals surface area contributed by atoms with Gasteiger partial charge >= 0.3 is 0 Å². The van der Waals surface area contributed by atoms with Crippen molar-refractivity contribution >= 4 is 15.9 Å². The van der Waals surface area contributed by atoms with Gasteiger partial charge in [0.2, 0.25) is 0 Å². The van der Waals surface area contributed by atoms with Gasteiger partial charge in [-0.1, -0.05) is 12.1 Å². The van der Waals surface area contributed by atoms with Crippen LogP contribution in [0, 0.1) is 0 Å². The maximum atomic E-state index is 6.27. The second-order valence-electron chi connectivity index (χ2n) is 5.67. The number of nitrogens with two attached hydrogens (primary N) is 1. The summed E-state index contributed by atoms with van der Waals surface area (Å²) in [6, 6.07) is 6.29. The summed E-state index contributed by atoms with van der Waals surface area (Å²) in [5.41, 5.74) is 7.10. The molecular formula is C16H24BrNO2. The van der Waals surface area contributed by atoms with Gasteiger partial charge in [0.15, 0.2) is 0 Å². The zero-order valence-corrected chi connectivity index (χ0v) is 13.9. The first-order valence-corrected chi connectivity index (χ1v) is 8.12. The highest BCUT2D eigenvalue weighted by molar-refractivity contribution is 9.10. The first kappa shape index (κ1) is 15.8. The Balaban J connectivity index is 2.11. The highest BCUT2D eigenvalue weighted by atomic mass is 79.9. The average molecular weight is 342 g/mol. The third-order valence-electron chi connectivity index (χ3n) is 3.79. The van der Waals surface area contributed by atoms with Crippen LogP contribution in [0.1, 0.15) is 38.2 Å². The van der Waals surface area contributed by atoms with Crippen molar-refractivity contribution in [1.82, 2.24) is 0 Å². The Morgan fingerprint density at radius 3 is 2.80 bits per heavy atom. The third kappa shape index (κ3) is 4.21. The summed E-state index contributed by atoms with van der Waals surface area (Å²) < 4.78 is 12.7. The quantitative estimate of drug-likeness (QED) is 0.888. The minimum absolute atomic E-state index is 0.129. The number of hydrogen-bond donors (Lipinski definition) is 1. The number of hydrogen-bond acceptors (Lipinski definition) is 3. The monoisotopic (exact) mass is 341 g/mol. The van der Waals surface area contributed by atoms with Crippen LogP contribution in [0.15, 0.2) is 22.7 Å². The van der Waals surface area contributed by atoms with Crippen LogP contribution in [0.2, 0.25) is 0 Å². The molecule has 0 radical (unpaired) electrons. The van der Waals surface area contributed by atoms with Crippen LogP contribution in [0.4, 0.5) is 0 Å². The second-order valence-corrected chi connectivity index (χ2v) is 6.53. The summed E-state index contributed by atoms with van der Waals surface area (Å²) in [6.45, 7) is 2.02. The van der Waals surface area contributed by atoms with E-state index in [0.717, 1.165) is 42.3 Å². The SMILES string of the molecule is COC1CCCC(Oc2c(Br)cccc2CC(C)N)C1. The lowest BCUT2D eigenvalue weighted by Crippen LogP contribution is -2.30. The molecule has 0 saturated heterocycles. The molecule has 3 atom stereocenters. The molecule has 20 heavy (non-hydrogen) atoms. The van der Waals surface area contributed by atoms with E-state index < -0.39 is 0 Å². The Hall–Kier alpha value is -0.580. The van der Waals surface area contributed by atoms with Crippen LogP contribution in [-0.2, 0) is 11.2 Å². The molecule has 0 heterocycles. The lowest BCUT2D eigenvalue weighted by Gasteiger charge is -2.30. The fourth-order valence-corrected chi connectivity index (χ4v) is 3.28. The fraction of sp³-hybridized carbons (Fsp3) is 0.625. The predicted molar refractivity (Wildman–Crippen MR) is 85.2 cm³/mol. The molecule has 112 valence electrons. The normalized spacial score (nSPS) is 24.4. The third-order valence-corrected chi connectivity index (χ3v) is 4.41. The molecule has 1 saturated carbocycles. The van der Waals surface area contributed by atoms with Gasteiger partial charge in [0, 0.05) is 19.6 Å². The lowest BCUT2D eigenvalue weighted by atomic mass is 9.94. The average Bonchev–Trinajstić information content (AvgIpc) is 2.42. The van der Waals surface area contributed by atoms with E-state index in [1.165, 1.54) is 5.56 Å². The smallest absolute Gasteiger partial charge is 0.137 e. The van der Waals surface area contributed by atoms with Crippen LogP contribution in [0.25, 0.3) is 0 Å². The van der Waals surface area contributed by atoms with Gasteiger partial charge in [-0.15, -0.1) is 0 Å². The van der Waals surface area contributed by atoms with Gasteiger partial charge in [-0.2, -0.15) is 0 Å². The minimum atomic E-state index is 0.129. The van der Waals surface area contributed by atoms with Gasteiger partial charge in [0.1, 0.15) is 11.9 Å². The second kappa shape index (κ2) is 7.43. The maximum absolute atomic E-state index is 6.27. The fourth-order valence-electron chi connectivity index (χ4n) is 2.78. The van der Waals surface area contributed by atoms with Gasteiger partial charge in [-0.25, -0.2) is 0 Å². The van der Waals surface area contributed by atoms with Gasteiger partial charge in [-0.05, 0) is 60.2 Å². The molecule has 3 nitrogen and oxygen atoms in total. The van der Waals surface area contributed by atoms with Crippen molar-refractivity contribution in [1.29, 1.82) is 0 Å². The molecular weight excluding hydrogens is 318 g/mol. The summed E-state index contributed by atoms with van der Waals surface area (Å²) in [4.78, 5) is 0. The maximum Gasteiger partial charge on any atom is 0.137 e. The zero-order valence-electron chi connectivity index (χ0n) is 12.3. The highest BCUT2D eigenvalue weighted by Gasteiger charge is 2.24. The molecule has 2 N–H and O–H groups in total. The van der Waals surface area contributed by atoms with Gasteiger partial charge < -0.3 is 15.2 Å². The van der Waals surface area contributed by atoms with Crippen molar-refractivity contribution < 1.29 is 9.47 Å². The van der Waals surface area contributed by atoms with Crippen molar-refractivity contribution in [2.24, 2.45) is 5.73 Å². The molecule has 0 aliphatic heterocycles. The van der Waals surface area contributed by atoms with E-state index in [1.54, 1.807) is 7.11 Å². The van der Waals surface area contributed by atoms with Crippen molar-refractivity contribution in [2.45, 2.75) is 57.3 Å². The van der Waals surface area contributed by atoms with Gasteiger partial charge in [0.05, 0.1) is 10.6 Å². The van der Waals surface area contributed by atoms with E-state index in [4.69, 9.17) is 15.2 Å². The van der Waals surface area contributed by atoms with Crippen molar-refractivity contribution in [3.05, 3.63) is 28.2 Å². The Morgan fingerprint density at radius 2 is 2.10 bits per heavy atom. The molecule has 1 aromatic rings. The number of benzene rings is 1. The van der Waals surface area contributed by atoms with Crippen LogP contribution >= 0.6 is 15.9 Å². The topological polar surface area (TPSA) is 44.5 Å². The molecule has 0 bridgehead atoms. The van der Waals surface area contributed by atoms with E-state index in [2.05, 4.69) is 22.0 Å². The molecule has 4 heteroatoms. The Labute approximate surface area is 130 Å². The molecule has 1 aromatic carbocycles. The summed E-state index contributed by atoms with van der Waals surface area (Å²) in [5.74, 6) is 0.951. The molecule has 0 amide bonds. The summed E-state index contributed by atoms with van der Waals surface area (Å²) in [7, 11) is 1.78. The molecule has 0 aromatic heterocycles. The molecule has 3 unspecified atom stereocenters. The first-order valence-electron chi connectivity index (χ1n) is 7.32. The molecule has 1 fully saturated rings. The van der Waals surface area contributed by atoms with Gasteiger partial charge in [0.25, 0.3) is 0 Å². The van der Waals surface area contributed by atoms with Crippen LogP contribution < -0.4 is 10.5 Å². The first-order chi connectivity index (χ1) is 9.60. The van der Waals surface area contributed by atoms with E-state index in [1.807, 2.05) is 19.1 Å². The standard InChI is InChI=1S/C16H24BrNO2/c1-11(18)9-12-5-3-8-15(17)16(12)20-14-7-4-6-13(10-14)19-2/h3,5,8,11,13-14H,4,6-7,9-10,18H2,1-2H3. The van der Waals surface area contributed by atoms with Gasteiger partial charge in [-0.3, -0.25) is 0 Å². The van der Waals surface area contributed by atoms with Crippen molar-refractivity contribution in [3.63, 3.8) is 0 Å². The number of methoxy groups -OCH3 is 1. The van der Waals surface area contributed by atoms with Crippen LogP contribution in [-0.4, -0.2) is 25.4 Å². The molecule has 1 aliphatic carbocycles. The highest BCUT2D eigenvalue weighted by Crippen LogP contribution is 2.33. The number of halogens is 1. The van der Waals surface area contributed by atoms with Crippen LogP contribution in [0.3, 0.4) is 0 Å². The van der Waals surface area contributed by atoms with E-state index in [-0.39, 0.29) is 12.1 Å². The number of rotatable bonds is 5. The number of para-hydroxylation sites is 1. The van der Waals surface area contributed by atoms with Crippen molar-refractivity contribution in [3.8, 4) is 5.75 Å². The van der Waals surface area contributed by atoms with E-state index >= 15 is 0 Å². The largest absolute Gasteiger partial charge is 0.489 e. The summed E-state index contributed by atoms with van der Waals surface area (Å²) >= 11 is 3.60. The van der Waals surface area contributed by atoms with Crippen LogP contribution in [0.5, 0.6) is 5.75 Å². The number of ether oxygens (including phenoxy) is 2. The predicted octanol–water partition coefficient (Wildman–Crippen LogP) is 3.68.